The van der Waals surface area contributed by atoms with Crippen LogP contribution in [0.1, 0.15) is 12.0 Å². The van der Waals surface area contributed by atoms with Gasteiger partial charge in [-0.3, -0.25) is 0 Å². The molecule has 126 valence electrons. The van der Waals surface area contributed by atoms with E-state index in [1.165, 1.54) is 49.6 Å². The molecule has 2 aromatic carbocycles. The van der Waals surface area contributed by atoms with Gasteiger partial charge in [0.25, 0.3) is 16.4 Å². The summed E-state index contributed by atoms with van der Waals surface area (Å²) in [6.07, 6.45) is -1.92. The van der Waals surface area contributed by atoms with Crippen molar-refractivity contribution in [2.75, 3.05) is 12.8 Å². The van der Waals surface area contributed by atoms with Crippen LogP contribution in [-0.2, 0) is 10.0 Å². The van der Waals surface area contributed by atoms with E-state index in [9.17, 15) is 17.2 Å². The molecule has 0 aliphatic carbocycles. The van der Waals surface area contributed by atoms with E-state index in [1.807, 2.05) is 0 Å². The first kappa shape index (κ1) is 16.3. The van der Waals surface area contributed by atoms with Crippen molar-refractivity contribution in [2.45, 2.75) is 11.3 Å². The van der Waals surface area contributed by atoms with Crippen molar-refractivity contribution in [3.8, 4) is 5.75 Å². The number of hydrogen-bond acceptors (Lipinski definition) is 4. The molecule has 8 heteroatoms. The molecule has 0 aliphatic heterocycles. The molecule has 5 nitrogen and oxygen atoms in total. The fourth-order valence-corrected chi connectivity index (χ4v) is 3.91. The van der Waals surface area contributed by atoms with Gasteiger partial charge in [0.2, 0.25) is 0 Å². The van der Waals surface area contributed by atoms with Gasteiger partial charge in [0, 0.05) is 22.8 Å². The molecule has 0 radical (unpaired) electrons. The zero-order valence-electron chi connectivity index (χ0n) is 12.6. The molecule has 0 amide bonds. The van der Waals surface area contributed by atoms with E-state index in [4.69, 9.17) is 10.5 Å². The summed E-state index contributed by atoms with van der Waals surface area (Å²) in [6.45, 7) is 0. The van der Waals surface area contributed by atoms with Crippen LogP contribution in [0.3, 0.4) is 0 Å². The van der Waals surface area contributed by atoms with Crippen molar-refractivity contribution >= 4 is 26.6 Å². The quantitative estimate of drug-likeness (QED) is 0.730. The summed E-state index contributed by atoms with van der Waals surface area (Å²) in [6, 6.07) is 10.1. The molecule has 3 aromatic rings. The van der Waals surface area contributed by atoms with Gasteiger partial charge < -0.3 is 10.5 Å². The summed E-state index contributed by atoms with van der Waals surface area (Å²) in [7, 11) is -2.59. The fourth-order valence-electron chi connectivity index (χ4n) is 2.54. The number of fused-ring (bicyclic) bond motifs is 1. The number of rotatable bonds is 4. The first-order valence-electron chi connectivity index (χ1n) is 6.93. The first-order valence-corrected chi connectivity index (χ1v) is 8.37. The number of nitrogens with two attached hydrogens (primary N) is 1. The van der Waals surface area contributed by atoms with Crippen LogP contribution >= 0.6 is 0 Å². The molecule has 0 bridgehead atoms. The minimum atomic E-state index is -4.05. The third-order valence-electron chi connectivity index (χ3n) is 3.71. The molecule has 3 rings (SSSR count). The molecule has 2 N–H and O–H groups in total. The van der Waals surface area contributed by atoms with Gasteiger partial charge in [0.15, 0.2) is 0 Å². The summed E-state index contributed by atoms with van der Waals surface area (Å²) in [5.41, 5.74) is 5.57. The van der Waals surface area contributed by atoms with Gasteiger partial charge in [-0.2, -0.15) is 0 Å². The van der Waals surface area contributed by atoms with Crippen LogP contribution in [0.15, 0.2) is 53.6 Å². The Hall–Kier alpha value is -2.61. The van der Waals surface area contributed by atoms with E-state index < -0.39 is 22.0 Å². The van der Waals surface area contributed by atoms with Crippen LogP contribution < -0.4 is 10.5 Å². The van der Waals surface area contributed by atoms with Crippen molar-refractivity contribution in [2.24, 2.45) is 0 Å². The Morgan fingerprint density at radius 3 is 2.38 bits per heavy atom. The van der Waals surface area contributed by atoms with Crippen molar-refractivity contribution in [1.29, 1.82) is 0 Å². The number of hydrogen-bond donors (Lipinski definition) is 1. The molecule has 0 unspecified atom stereocenters. The molecular formula is C16H14F2N2O3S. The SMILES string of the molecule is COc1ccc(S(=O)(=O)n2cc(C(F)F)c3c(N)cccc32)cc1. The Kier molecular flexibility index (Phi) is 3.92. The Morgan fingerprint density at radius 1 is 1.12 bits per heavy atom. The largest absolute Gasteiger partial charge is 0.497 e. The highest BCUT2D eigenvalue weighted by Gasteiger charge is 2.25. The summed E-state index contributed by atoms with van der Waals surface area (Å²) in [4.78, 5) is -0.0385. The highest BCUT2D eigenvalue weighted by Crippen LogP contribution is 2.35. The van der Waals surface area contributed by atoms with E-state index in [1.54, 1.807) is 0 Å². The van der Waals surface area contributed by atoms with Crippen LogP contribution in [0.5, 0.6) is 5.75 Å². The molecule has 0 atom stereocenters. The predicted molar refractivity (Wildman–Crippen MR) is 86.9 cm³/mol. The number of aromatic nitrogens is 1. The van der Waals surface area contributed by atoms with Gasteiger partial charge in [-0.25, -0.2) is 21.2 Å². The van der Waals surface area contributed by atoms with Gasteiger partial charge in [-0.05, 0) is 36.4 Å². The number of halogens is 2. The van der Waals surface area contributed by atoms with Crippen molar-refractivity contribution in [3.05, 3.63) is 54.2 Å². The topological polar surface area (TPSA) is 74.3 Å². The van der Waals surface area contributed by atoms with Crippen molar-refractivity contribution in [1.82, 2.24) is 3.97 Å². The number of nitrogen functional groups attached to an aromatic ring is 1. The molecular weight excluding hydrogens is 338 g/mol. The fraction of sp³-hybridized carbons (Fsp3) is 0.125. The maximum absolute atomic E-state index is 13.3. The van der Waals surface area contributed by atoms with E-state index >= 15 is 0 Å². The van der Waals surface area contributed by atoms with Gasteiger partial charge in [-0.1, -0.05) is 6.07 Å². The van der Waals surface area contributed by atoms with E-state index in [2.05, 4.69) is 0 Å². The number of ether oxygens (including phenoxy) is 1. The molecule has 0 spiro atoms. The Labute approximate surface area is 137 Å². The Bertz CT molecular complexity index is 996. The predicted octanol–water partition coefficient (Wildman–Crippen LogP) is 3.41. The van der Waals surface area contributed by atoms with Gasteiger partial charge in [0.05, 0.1) is 17.5 Å². The van der Waals surface area contributed by atoms with Crippen LogP contribution in [0.25, 0.3) is 10.9 Å². The number of methoxy groups -OCH3 is 1. The van der Waals surface area contributed by atoms with Gasteiger partial charge in [-0.15, -0.1) is 0 Å². The lowest BCUT2D eigenvalue weighted by atomic mass is 10.1. The number of anilines is 1. The van der Waals surface area contributed by atoms with Crippen molar-refractivity contribution in [3.63, 3.8) is 0 Å². The van der Waals surface area contributed by atoms with E-state index in [0.29, 0.717) is 5.75 Å². The highest BCUT2D eigenvalue weighted by molar-refractivity contribution is 7.90. The lowest BCUT2D eigenvalue weighted by Crippen LogP contribution is -2.11. The minimum Gasteiger partial charge on any atom is -0.497 e. The lowest BCUT2D eigenvalue weighted by Gasteiger charge is -2.08. The minimum absolute atomic E-state index is 0.0385. The molecule has 0 saturated carbocycles. The van der Waals surface area contributed by atoms with E-state index in [-0.39, 0.29) is 21.5 Å². The maximum atomic E-state index is 13.3. The summed E-state index contributed by atoms with van der Waals surface area (Å²) in [5, 5.41) is 0.0459. The average molecular weight is 352 g/mol. The molecule has 0 saturated heterocycles. The normalized spacial score (nSPS) is 12.0. The number of alkyl halides is 2. The van der Waals surface area contributed by atoms with Gasteiger partial charge in [0.1, 0.15) is 5.75 Å². The van der Waals surface area contributed by atoms with Gasteiger partial charge >= 0.3 is 0 Å². The standard InChI is InChI=1S/C16H14F2N2O3S/c1-23-10-5-7-11(8-6-10)24(21,22)20-9-12(16(17)18)15-13(19)3-2-4-14(15)20/h2-9,16H,19H2,1H3. The van der Waals surface area contributed by atoms with E-state index in [0.717, 1.165) is 10.2 Å². The zero-order valence-corrected chi connectivity index (χ0v) is 13.4. The molecule has 0 aliphatic rings. The maximum Gasteiger partial charge on any atom is 0.268 e. The Morgan fingerprint density at radius 2 is 1.79 bits per heavy atom. The summed E-state index contributed by atoms with van der Waals surface area (Å²) < 4.78 is 58.1. The molecule has 1 heterocycles. The van der Waals surface area contributed by atoms with Crippen LogP contribution in [0.4, 0.5) is 14.5 Å². The number of benzene rings is 2. The van der Waals surface area contributed by atoms with Crippen LogP contribution in [0, 0.1) is 0 Å². The van der Waals surface area contributed by atoms with Crippen LogP contribution in [0.2, 0.25) is 0 Å². The second-order valence-electron chi connectivity index (χ2n) is 5.10. The summed E-state index contributed by atoms with van der Waals surface area (Å²) >= 11 is 0. The lowest BCUT2D eigenvalue weighted by molar-refractivity contribution is 0.153. The monoisotopic (exact) mass is 352 g/mol. The average Bonchev–Trinajstić information content (AvgIpc) is 2.97. The molecule has 1 aromatic heterocycles. The molecule has 24 heavy (non-hydrogen) atoms. The smallest absolute Gasteiger partial charge is 0.268 e. The highest BCUT2D eigenvalue weighted by atomic mass is 32.2. The summed E-state index contributed by atoms with van der Waals surface area (Å²) in [5.74, 6) is 0.490. The second kappa shape index (κ2) is 5.79. The molecule has 0 fully saturated rings. The number of nitrogens with zero attached hydrogens (tertiary/aromatic N) is 1. The third kappa shape index (κ3) is 2.48. The second-order valence-corrected chi connectivity index (χ2v) is 6.92. The Balaban J connectivity index is 2.26. The van der Waals surface area contributed by atoms with Crippen molar-refractivity contribution < 1.29 is 21.9 Å². The third-order valence-corrected chi connectivity index (χ3v) is 5.40. The van der Waals surface area contributed by atoms with Crippen LogP contribution in [-0.4, -0.2) is 19.5 Å². The zero-order chi connectivity index (χ0) is 17.5. The first-order chi connectivity index (χ1) is 11.4.